The van der Waals surface area contributed by atoms with E-state index in [1.165, 1.54) is 11.3 Å². The number of thiazole rings is 1. The van der Waals surface area contributed by atoms with Gasteiger partial charge in [0.1, 0.15) is 0 Å². The van der Waals surface area contributed by atoms with Gasteiger partial charge < -0.3 is 10.4 Å². The van der Waals surface area contributed by atoms with Crippen molar-refractivity contribution in [3.8, 4) is 0 Å². The number of benzene rings is 1. The van der Waals surface area contributed by atoms with E-state index in [0.29, 0.717) is 0 Å². The summed E-state index contributed by atoms with van der Waals surface area (Å²) in [5.74, 6) is -1.17. The summed E-state index contributed by atoms with van der Waals surface area (Å²) in [6.07, 6.45) is 2.83. The van der Waals surface area contributed by atoms with Crippen molar-refractivity contribution in [1.29, 1.82) is 0 Å². The first-order valence-corrected chi connectivity index (χ1v) is 9.70. The molecule has 0 aliphatic rings. The SMILES string of the molecule is CCc1nc(CC(=O)NC(CC(=O)O)c2ccc(SC)cc2)cs1. The Morgan fingerprint density at radius 2 is 2.04 bits per heavy atom. The van der Waals surface area contributed by atoms with E-state index < -0.39 is 12.0 Å². The molecule has 0 radical (unpaired) electrons. The predicted molar refractivity (Wildman–Crippen MR) is 96.6 cm³/mol. The first-order chi connectivity index (χ1) is 11.5. The Morgan fingerprint density at radius 1 is 1.33 bits per heavy atom. The maximum atomic E-state index is 12.3. The molecule has 0 aliphatic heterocycles. The van der Waals surface area contributed by atoms with Gasteiger partial charge in [0.2, 0.25) is 5.91 Å². The predicted octanol–water partition coefficient (Wildman–Crippen LogP) is 3.30. The molecule has 128 valence electrons. The van der Waals surface area contributed by atoms with Crippen LogP contribution in [-0.4, -0.2) is 28.2 Å². The molecule has 0 aliphatic carbocycles. The third kappa shape index (κ3) is 5.35. The van der Waals surface area contributed by atoms with Crippen LogP contribution in [0.4, 0.5) is 0 Å². The van der Waals surface area contributed by atoms with E-state index in [0.717, 1.165) is 27.6 Å². The van der Waals surface area contributed by atoms with Gasteiger partial charge in [0.25, 0.3) is 0 Å². The van der Waals surface area contributed by atoms with Gasteiger partial charge >= 0.3 is 5.97 Å². The van der Waals surface area contributed by atoms with Gasteiger partial charge in [-0.2, -0.15) is 0 Å². The molecular weight excluding hydrogens is 344 g/mol. The highest BCUT2D eigenvalue weighted by atomic mass is 32.2. The summed E-state index contributed by atoms with van der Waals surface area (Å²) < 4.78 is 0. The fraction of sp³-hybridized carbons (Fsp3) is 0.353. The summed E-state index contributed by atoms with van der Waals surface area (Å²) in [6, 6.07) is 7.02. The molecule has 0 spiro atoms. The number of aromatic nitrogens is 1. The number of hydrogen-bond acceptors (Lipinski definition) is 5. The van der Waals surface area contributed by atoms with Crippen molar-refractivity contribution in [1.82, 2.24) is 10.3 Å². The molecule has 1 amide bonds. The van der Waals surface area contributed by atoms with Gasteiger partial charge in [-0.15, -0.1) is 23.1 Å². The van der Waals surface area contributed by atoms with Crippen LogP contribution >= 0.6 is 23.1 Å². The van der Waals surface area contributed by atoms with Crippen LogP contribution in [0, 0.1) is 0 Å². The summed E-state index contributed by atoms with van der Waals surface area (Å²) in [5, 5.41) is 14.8. The van der Waals surface area contributed by atoms with Crippen LogP contribution in [0.25, 0.3) is 0 Å². The molecule has 1 aromatic heterocycles. The summed E-state index contributed by atoms with van der Waals surface area (Å²) in [6.45, 7) is 2.02. The van der Waals surface area contributed by atoms with Gasteiger partial charge in [0.05, 0.1) is 29.6 Å². The molecule has 2 N–H and O–H groups in total. The minimum Gasteiger partial charge on any atom is -0.481 e. The molecule has 5 nitrogen and oxygen atoms in total. The molecule has 0 saturated carbocycles. The highest BCUT2D eigenvalue weighted by molar-refractivity contribution is 7.98. The van der Waals surface area contributed by atoms with E-state index in [1.54, 1.807) is 11.8 Å². The van der Waals surface area contributed by atoms with E-state index in [2.05, 4.69) is 10.3 Å². The molecular formula is C17H20N2O3S2. The number of thioether (sulfide) groups is 1. The van der Waals surface area contributed by atoms with E-state index >= 15 is 0 Å². The maximum absolute atomic E-state index is 12.3. The van der Waals surface area contributed by atoms with Crippen molar-refractivity contribution in [3.05, 3.63) is 45.9 Å². The number of nitrogens with one attached hydrogen (secondary N) is 1. The average Bonchev–Trinajstić information content (AvgIpc) is 3.01. The summed E-state index contributed by atoms with van der Waals surface area (Å²) in [7, 11) is 0. The fourth-order valence-electron chi connectivity index (χ4n) is 2.27. The van der Waals surface area contributed by atoms with Crippen molar-refractivity contribution in [2.24, 2.45) is 0 Å². The Labute approximate surface area is 149 Å². The molecule has 1 atom stereocenters. The zero-order valence-corrected chi connectivity index (χ0v) is 15.2. The third-order valence-corrected chi connectivity index (χ3v) is 5.26. The van der Waals surface area contributed by atoms with Crippen molar-refractivity contribution in [2.45, 2.75) is 37.1 Å². The Balaban J connectivity index is 2.06. The van der Waals surface area contributed by atoms with Gasteiger partial charge in [0.15, 0.2) is 0 Å². The molecule has 2 aromatic rings. The van der Waals surface area contributed by atoms with Gasteiger partial charge in [-0.05, 0) is 30.4 Å². The Morgan fingerprint density at radius 3 is 2.58 bits per heavy atom. The van der Waals surface area contributed by atoms with Gasteiger partial charge in [0, 0.05) is 10.3 Å². The minimum atomic E-state index is -0.948. The van der Waals surface area contributed by atoms with Crippen molar-refractivity contribution < 1.29 is 14.7 Å². The zero-order chi connectivity index (χ0) is 17.5. The standard InChI is InChI=1S/C17H20N2O3S2/c1-3-16-18-12(10-24-16)8-15(20)19-14(9-17(21)22)11-4-6-13(23-2)7-5-11/h4-7,10,14H,3,8-9H2,1-2H3,(H,19,20)(H,21,22). The lowest BCUT2D eigenvalue weighted by atomic mass is 10.0. The van der Waals surface area contributed by atoms with E-state index in [4.69, 9.17) is 5.11 Å². The molecule has 0 bridgehead atoms. The molecule has 1 aromatic carbocycles. The number of carboxylic acid groups (broad SMARTS) is 1. The molecule has 1 heterocycles. The molecule has 0 saturated heterocycles. The molecule has 24 heavy (non-hydrogen) atoms. The third-order valence-electron chi connectivity index (χ3n) is 3.48. The highest BCUT2D eigenvalue weighted by Crippen LogP contribution is 2.21. The number of nitrogens with zero attached hydrogens (tertiary/aromatic N) is 1. The lowest BCUT2D eigenvalue weighted by molar-refractivity contribution is -0.137. The van der Waals surface area contributed by atoms with E-state index in [-0.39, 0.29) is 18.7 Å². The monoisotopic (exact) mass is 364 g/mol. The fourth-order valence-corrected chi connectivity index (χ4v) is 3.42. The maximum Gasteiger partial charge on any atom is 0.305 e. The lowest BCUT2D eigenvalue weighted by Gasteiger charge is -2.17. The van der Waals surface area contributed by atoms with Crippen LogP contribution in [0.5, 0.6) is 0 Å². The minimum absolute atomic E-state index is 0.151. The topological polar surface area (TPSA) is 79.3 Å². The number of hydrogen-bond donors (Lipinski definition) is 2. The number of carbonyl (C=O) groups excluding carboxylic acids is 1. The van der Waals surface area contributed by atoms with Gasteiger partial charge in [-0.1, -0.05) is 19.1 Å². The number of aryl methyl sites for hydroxylation is 1. The first kappa shape index (κ1) is 18.5. The Bertz CT molecular complexity index is 698. The number of carboxylic acids is 1. The number of amides is 1. The molecule has 2 rings (SSSR count). The van der Waals surface area contributed by atoms with Crippen LogP contribution in [0.1, 0.15) is 35.7 Å². The van der Waals surface area contributed by atoms with Crippen LogP contribution in [0.3, 0.4) is 0 Å². The number of carbonyl (C=O) groups is 2. The summed E-state index contributed by atoms with van der Waals surface area (Å²) in [4.78, 5) is 28.8. The highest BCUT2D eigenvalue weighted by Gasteiger charge is 2.19. The van der Waals surface area contributed by atoms with Gasteiger partial charge in [-0.3, -0.25) is 9.59 Å². The van der Waals surface area contributed by atoms with Crippen LogP contribution in [0.2, 0.25) is 0 Å². The molecule has 7 heteroatoms. The normalized spacial score (nSPS) is 11.9. The smallest absolute Gasteiger partial charge is 0.305 e. The Kier molecular flexibility index (Phi) is 6.81. The summed E-state index contributed by atoms with van der Waals surface area (Å²) in [5.41, 5.74) is 1.51. The Hall–Kier alpha value is -1.86. The first-order valence-electron chi connectivity index (χ1n) is 7.60. The lowest BCUT2D eigenvalue weighted by Crippen LogP contribution is -2.31. The van der Waals surface area contributed by atoms with Crippen LogP contribution in [-0.2, 0) is 22.4 Å². The van der Waals surface area contributed by atoms with E-state index in [1.807, 2.05) is 42.8 Å². The van der Waals surface area contributed by atoms with Crippen LogP contribution < -0.4 is 5.32 Å². The molecule has 0 fully saturated rings. The van der Waals surface area contributed by atoms with E-state index in [9.17, 15) is 9.59 Å². The second kappa shape index (κ2) is 8.84. The van der Waals surface area contributed by atoms with Crippen molar-refractivity contribution in [2.75, 3.05) is 6.26 Å². The quantitative estimate of drug-likeness (QED) is 0.703. The zero-order valence-electron chi connectivity index (χ0n) is 13.6. The number of rotatable bonds is 8. The molecule has 1 unspecified atom stereocenters. The second-order valence-electron chi connectivity index (χ2n) is 5.25. The van der Waals surface area contributed by atoms with Crippen molar-refractivity contribution >= 4 is 35.0 Å². The summed E-state index contributed by atoms with van der Waals surface area (Å²) >= 11 is 3.15. The largest absolute Gasteiger partial charge is 0.481 e. The number of aliphatic carboxylic acids is 1. The second-order valence-corrected chi connectivity index (χ2v) is 7.08. The van der Waals surface area contributed by atoms with Crippen LogP contribution in [0.15, 0.2) is 34.5 Å². The van der Waals surface area contributed by atoms with Gasteiger partial charge in [-0.25, -0.2) is 4.98 Å². The average molecular weight is 364 g/mol. The van der Waals surface area contributed by atoms with Crippen molar-refractivity contribution in [3.63, 3.8) is 0 Å².